The summed E-state index contributed by atoms with van der Waals surface area (Å²) < 4.78 is 30.6. The normalized spacial score (nSPS) is 53.0. The molecule has 0 radical (unpaired) electrons. The number of ether oxygens (including phenoxy) is 5. The zero-order valence-corrected chi connectivity index (χ0v) is 33.1. The van der Waals surface area contributed by atoms with E-state index in [0.29, 0.717) is 31.4 Å². The van der Waals surface area contributed by atoms with Gasteiger partial charge in [-0.1, -0.05) is 60.1 Å². The van der Waals surface area contributed by atoms with Gasteiger partial charge in [-0.15, -0.1) is 0 Å². The molecule has 0 aromatic carbocycles. The van der Waals surface area contributed by atoms with Crippen molar-refractivity contribution >= 4 is 11.6 Å². The number of hydrogen-bond acceptors (Lipinski definition) is 13. The molecular weight excluding hydrogens is 700 g/mol. The third kappa shape index (κ3) is 5.61. The number of rotatable bonds is 6. The number of ketones is 2. The maximum Gasteiger partial charge on any atom is 0.202 e. The van der Waals surface area contributed by atoms with Gasteiger partial charge in [0.1, 0.15) is 48.2 Å². The van der Waals surface area contributed by atoms with E-state index in [1.165, 1.54) is 6.92 Å². The molecule has 0 spiro atoms. The van der Waals surface area contributed by atoms with Crippen LogP contribution in [0.1, 0.15) is 94.4 Å². The van der Waals surface area contributed by atoms with Crippen LogP contribution in [0.3, 0.4) is 0 Å². The minimum absolute atomic E-state index is 0.0144. The number of carbonyl (C=O) groups excluding carboxylic acids is 2. The van der Waals surface area contributed by atoms with E-state index < -0.39 is 101 Å². The molecule has 7 rings (SSSR count). The standard InChI is InChI=1S/C41H62O13/c1-18(2)24-14-26(44)41(9,54-24)34-22(42)15-38(6)25-12-10-20-21(40(25,8)27(45)16-39(34,38)7)11-13-28(37(20,4)5)52-36-33(30(47)23(43)17-50-36)53-35-32(49)31(48)29(46)19(3)51-35/h10,14,18-19,21-23,25,28-36,42-43,46-49H,11-13,15-17H2,1-9H3/t19-,21?,22-,23-,25?,28-,29-,30+,31+,32+,33-,34?,35-,36+,38+,39-,40+,41+/m1/s1. The molecule has 13 heteroatoms. The predicted octanol–water partition coefficient (Wildman–Crippen LogP) is 2.32. The summed E-state index contributed by atoms with van der Waals surface area (Å²) in [7, 11) is 0. The third-order valence-electron chi connectivity index (χ3n) is 15.7. The summed E-state index contributed by atoms with van der Waals surface area (Å²) in [6.45, 7) is 17.6. The predicted molar refractivity (Wildman–Crippen MR) is 192 cm³/mol. The SMILES string of the molecule is CC(C)C1=CC(=O)[C@@](C)(C2[C@H](O)C[C@@]3(C)C4CC=C5C(CC[C@@H](O[C@@H]6OC[C@@H](O)[C@H](O)[C@H]6O[C@H]6O[C@H](C)[C@@H](O)[C@H](O)[C@@H]6O)C5(C)C)[C@]4(C)C(=O)C[C@]23C)O1. The zero-order valence-electron chi connectivity index (χ0n) is 33.1. The Morgan fingerprint density at radius 2 is 1.52 bits per heavy atom. The maximum atomic E-state index is 14.9. The lowest BCUT2D eigenvalue weighted by molar-refractivity contribution is -0.360. The van der Waals surface area contributed by atoms with Gasteiger partial charge in [0, 0.05) is 35.2 Å². The number of allylic oxidation sites excluding steroid dienone is 2. The Hall–Kier alpha value is -1.78. The van der Waals surface area contributed by atoms with E-state index in [4.69, 9.17) is 23.7 Å². The number of Topliss-reactive ketones (excluding diaryl/α,β-unsaturated/α-hetero) is 1. The lowest BCUT2D eigenvalue weighted by atomic mass is 9.38. The van der Waals surface area contributed by atoms with Crippen LogP contribution in [0.2, 0.25) is 0 Å². The van der Waals surface area contributed by atoms with Crippen molar-refractivity contribution in [1.82, 2.24) is 0 Å². The van der Waals surface area contributed by atoms with Crippen LogP contribution in [0.25, 0.3) is 0 Å². The van der Waals surface area contributed by atoms with Gasteiger partial charge in [0.2, 0.25) is 5.78 Å². The smallest absolute Gasteiger partial charge is 0.202 e. The average molecular weight is 763 g/mol. The second kappa shape index (κ2) is 13.4. The van der Waals surface area contributed by atoms with Crippen LogP contribution < -0.4 is 0 Å². The Morgan fingerprint density at radius 1 is 0.833 bits per heavy atom. The molecule has 13 nitrogen and oxygen atoms in total. The Kier molecular flexibility index (Phi) is 10.0. The number of aliphatic hydroxyl groups excluding tert-OH is 6. The van der Waals surface area contributed by atoms with Gasteiger partial charge in [0.15, 0.2) is 18.2 Å². The topological polar surface area (TPSA) is 202 Å². The molecule has 4 aliphatic carbocycles. The fourth-order valence-corrected chi connectivity index (χ4v) is 12.3. The molecule has 2 saturated heterocycles. The molecular formula is C41H62O13. The van der Waals surface area contributed by atoms with Gasteiger partial charge >= 0.3 is 0 Å². The van der Waals surface area contributed by atoms with Gasteiger partial charge < -0.3 is 54.3 Å². The number of hydrogen-bond donors (Lipinski definition) is 6. The summed E-state index contributed by atoms with van der Waals surface area (Å²) in [6, 6.07) is 0. The maximum absolute atomic E-state index is 14.9. The summed E-state index contributed by atoms with van der Waals surface area (Å²) in [5, 5.41) is 64.6. The van der Waals surface area contributed by atoms with E-state index in [1.807, 2.05) is 13.8 Å². The molecule has 18 atom stereocenters. The first-order valence-electron chi connectivity index (χ1n) is 19.9. The van der Waals surface area contributed by atoms with Crippen LogP contribution in [-0.4, -0.2) is 122 Å². The fourth-order valence-electron chi connectivity index (χ4n) is 12.3. The van der Waals surface area contributed by atoms with E-state index in [0.717, 1.165) is 5.57 Å². The summed E-state index contributed by atoms with van der Waals surface area (Å²) in [6.07, 6.45) is -7.09. The van der Waals surface area contributed by atoms with E-state index in [1.54, 1.807) is 13.0 Å². The highest BCUT2D eigenvalue weighted by atomic mass is 16.8. The zero-order chi connectivity index (χ0) is 39.7. The van der Waals surface area contributed by atoms with E-state index in [2.05, 4.69) is 40.7 Å². The summed E-state index contributed by atoms with van der Waals surface area (Å²) in [4.78, 5) is 28.5. The largest absolute Gasteiger partial charge is 0.483 e. The Bertz CT molecular complexity index is 1570. The van der Waals surface area contributed by atoms with Crippen molar-refractivity contribution in [3.05, 3.63) is 23.5 Å². The molecule has 3 saturated carbocycles. The molecule has 0 aromatic rings. The molecule has 7 aliphatic rings. The van der Waals surface area contributed by atoms with Crippen molar-refractivity contribution in [1.29, 1.82) is 0 Å². The van der Waals surface area contributed by atoms with Gasteiger partial charge in [0.05, 0.1) is 24.9 Å². The highest BCUT2D eigenvalue weighted by molar-refractivity contribution is 6.00. The summed E-state index contributed by atoms with van der Waals surface area (Å²) in [5.74, 6) is -0.149. The lowest BCUT2D eigenvalue weighted by Crippen LogP contribution is -2.65. The van der Waals surface area contributed by atoms with E-state index in [-0.39, 0.29) is 42.3 Å². The molecule has 5 fully saturated rings. The highest BCUT2D eigenvalue weighted by Crippen LogP contribution is 2.74. The minimum atomic E-state index is -1.63. The van der Waals surface area contributed by atoms with Crippen LogP contribution in [0.4, 0.5) is 0 Å². The first-order valence-corrected chi connectivity index (χ1v) is 19.9. The molecule has 0 amide bonds. The van der Waals surface area contributed by atoms with Crippen LogP contribution in [0, 0.1) is 45.3 Å². The number of fused-ring (bicyclic) bond motifs is 5. The van der Waals surface area contributed by atoms with Crippen molar-refractivity contribution in [2.24, 2.45) is 45.3 Å². The molecule has 3 aliphatic heterocycles. The quantitative estimate of drug-likeness (QED) is 0.216. The average Bonchev–Trinajstić information content (AvgIpc) is 3.51. The number of carbonyl (C=O) groups is 2. The Morgan fingerprint density at radius 3 is 2.17 bits per heavy atom. The van der Waals surface area contributed by atoms with Crippen molar-refractivity contribution in [3.8, 4) is 0 Å². The molecule has 0 aromatic heterocycles. The summed E-state index contributed by atoms with van der Waals surface area (Å²) >= 11 is 0. The van der Waals surface area contributed by atoms with Crippen LogP contribution >= 0.6 is 0 Å². The van der Waals surface area contributed by atoms with Crippen molar-refractivity contribution in [3.63, 3.8) is 0 Å². The first kappa shape index (κ1) is 40.4. The first-order chi connectivity index (χ1) is 25.0. The van der Waals surface area contributed by atoms with Crippen molar-refractivity contribution in [2.45, 2.75) is 168 Å². The summed E-state index contributed by atoms with van der Waals surface area (Å²) in [5.41, 5.74) is -2.67. The van der Waals surface area contributed by atoms with Crippen LogP contribution in [0.15, 0.2) is 23.5 Å². The van der Waals surface area contributed by atoms with Gasteiger partial charge in [-0.05, 0) is 62.2 Å². The molecule has 0 bridgehead atoms. The molecule has 6 N–H and O–H groups in total. The number of aliphatic hydroxyl groups is 6. The molecule has 3 unspecified atom stereocenters. The van der Waals surface area contributed by atoms with Crippen LogP contribution in [-0.2, 0) is 33.3 Å². The minimum Gasteiger partial charge on any atom is -0.483 e. The molecule has 304 valence electrons. The van der Waals surface area contributed by atoms with Crippen molar-refractivity contribution < 1.29 is 63.9 Å². The van der Waals surface area contributed by atoms with E-state index >= 15 is 0 Å². The van der Waals surface area contributed by atoms with E-state index in [9.17, 15) is 40.2 Å². The Balaban J connectivity index is 1.14. The van der Waals surface area contributed by atoms with Crippen LogP contribution in [0.5, 0.6) is 0 Å². The molecule has 3 heterocycles. The lowest BCUT2D eigenvalue weighted by Gasteiger charge is -2.65. The molecule has 54 heavy (non-hydrogen) atoms. The van der Waals surface area contributed by atoms with Crippen molar-refractivity contribution in [2.75, 3.05) is 6.61 Å². The Labute approximate surface area is 318 Å². The monoisotopic (exact) mass is 762 g/mol. The second-order valence-electron chi connectivity index (χ2n) is 19.2. The van der Waals surface area contributed by atoms with Gasteiger partial charge in [-0.2, -0.15) is 0 Å². The highest BCUT2D eigenvalue weighted by Gasteiger charge is 2.75. The third-order valence-corrected chi connectivity index (χ3v) is 15.7. The fraction of sp³-hybridized carbons (Fsp3) is 0.854. The van der Waals surface area contributed by atoms with Gasteiger partial charge in [-0.3, -0.25) is 9.59 Å². The second-order valence-corrected chi connectivity index (χ2v) is 19.2. The van der Waals surface area contributed by atoms with Gasteiger partial charge in [-0.25, -0.2) is 0 Å². The van der Waals surface area contributed by atoms with Gasteiger partial charge in [0.25, 0.3) is 0 Å².